The van der Waals surface area contributed by atoms with E-state index in [0.29, 0.717) is 0 Å². The third-order valence-corrected chi connectivity index (χ3v) is 3.85. The molecule has 0 unspecified atom stereocenters. The van der Waals surface area contributed by atoms with Crippen LogP contribution in [-0.4, -0.2) is 6.54 Å². The topological polar surface area (TPSA) is 6.48 Å². The van der Waals surface area contributed by atoms with Crippen LogP contribution in [0.3, 0.4) is 0 Å². The van der Waals surface area contributed by atoms with Gasteiger partial charge in [-0.15, -0.1) is 0 Å². The summed E-state index contributed by atoms with van der Waals surface area (Å²) in [4.78, 5) is 0. The first kappa shape index (κ1) is 12.0. The molecule has 21 heavy (non-hydrogen) atoms. The third kappa shape index (κ3) is 2.05. The van der Waals surface area contributed by atoms with E-state index in [9.17, 15) is 0 Å². The molecule has 0 fully saturated rings. The number of para-hydroxylation sites is 1. The standard InChI is InChI=1S/C19H16N2/c1-2-10-17(11-3-1)20-14-7-15-21(20)19-13-6-9-16-8-4-5-12-18(16)19/h1-13,15H,14H2. The summed E-state index contributed by atoms with van der Waals surface area (Å²) in [7, 11) is 0. The third-order valence-electron chi connectivity index (χ3n) is 3.85. The molecule has 0 amide bonds. The molecule has 1 heterocycles. The van der Waals surface area contributed by atoms with E-state index in [1.807, 2.05) is 0 Å². The van der Waals surface area contributed by atoms with Crippen molar-refractivity contribution in [3.8, 4) is 0 Å². The lowest BCUT2D eigenvalue weighted by atomic mass is 10.1. The minimum atomic E-state index is 0.896. The second-order valence-electron chi connectivity index (χ2n) is 5.15. The second kappa shape index (κ2) is 4.98. The molecule has 0 aromatic heterocycles. The monoisotopic (exact) mass is 272 g/mol. The van der Waals surface area contributed by atoms with Crippen molar-refractivity contribution in [1.29, 1.82) is 0 Å². The van der Waals surface area contributed by atoms with Crippen molar-refractivity contribution < 1.29 is 0 Å². The van der Waals surface area contributed by atoms with E-state index >= 15 is 0 Å². The van der Waals surface area contributed by atoms with Crippen molar-refractivity contribution in [2.24, 2.45) is 0 Å². The Kier molecular flexibility index (Phi) is 2.86. The first-order chi connectivity index (χ1) is 10.4. The van der Waals surface area contributed by atoms with Crippen molar-refractivity contribution in [2.45, 2.75) is 0 Å². The van der Waals surface area contributed by atoms with Gasteiger partial charge in [0.2, 0.25) is 0 Å². The summed E-state index contributed by atoms with van der Waals surface area (Å²) in [6, 6.07) is 25.5. The Labute approximate surface area is 124 Å². The van der Waals surface area contributed by atoms with Crippen LogP contribution in [0, 0.1) is 0 Å². The van der Waals surface area contributed by atoms with Crippen molar-refractivity contribution in [3.05, 3.63) is 85.1 Å². The molecule has 0 aliphatic carbocycles. The molecule has 0 atom stereocenters. The van der Waals surface area contributed by atoms with Gasteiger partial charge in [0.15, 0.2) is 0 Å². The number of anilines is 2. The molecule has 1 aliphatic heterocycles. The van der Waals surface area contributed by atoms with Gasteiger partial charge in [0, 0.05) is 11.6 Å². The van der Waals surface area contributed by atoms with Gasteiger partial charge in [0.1, 0.15) is 0 Å². The Morgan fingerprint density at radius 2 is 1.48 bits per heavy atom. The molecule has 2 nitrogen and oxygen atoms in total. The highest BCUT2D eigenvalue weighted by Gasteiger charge is 2.19. The van der Waals surface area contributed by atoms with Crippen LogP contribution in [0.5, 0.6) is 0 Å². The molecule has 2 heteroatoms. The van der Waals surface area contributed by atoms with E-state index in [0.717, 1.165) is 6.54 Å². The SMILES string of the molecule is C1=CN(c2cccc3ccccc23)N(c2ccccc2)C1. The Hall–Kier alpha value is -2.74. The number of nitrogens with zero attached hydrogens (tertiary/aromatic N) is 2. The number of rotatable bonds is 2. The summed E-state index contributed by atoms with van der Waals surface area (Å²) in [5, 5.41) is 7.05. The predicted octanol–water partition coefficient (Wildman–Crippen LogP) is 4.60. The zero-order chi connectivity index (χ0) is 14.1. The average Bonchev–Trinajstić information content (AvgIpc) is 3.04. The Morgan fingerprint density at radius 3 is 2.38 bits per heavy atom. The highest BCUT2D eigenvalue weighted by atomic mass is 15.6. The molecule has 0 N–H and O–H groups in total. The fourth-order valence-electron chi connectivity index (χ4n) is 2.86. The summed E-state index contributed by atoms with van der Waals surface area (Å²) in [6.07, 6.45) is 4.34. The second-order valence-corrected chi connectivity index (χ2v) is 5.15. The van der Waals surface area contributed by atoms with Crippen LogP contribution < -0.4 is 10.0 Å². The lowest BCUT2D eigenvalue weighted by Crippen LogP contribution is -2.35. The smallest absolute Gasteiger partial charge is 0.0704 e. The van der Waals surface area contributed by atoms with E-state index in [4.69, 9.17) is 0 Å². The fourth-order valence-corrected chi connectivity index (χ4v) is 2.86. The van der Waals surface area contributed by atoms with Gasteiger partial charge in [0.25, 0.3) is 0 Å². The highest BCUT2D eigenvalue weighted by Crippen LogP contribution is 2.32. The zero-order valence-electron chi connectivity index (χ0n) is 11.7. The summed E-state index contributed by atoms with van der Waals surface area (Å²) >= 11 is 0. The van der Waals surface area contributed by atoms with E-state index < -0.39 is 0 Å². The predicted molar refractivity (Wildman–Crippen MR) is 89.4 cm³/mol. The van der Waals surface area contributed by atoms with Gasteiger partial charge in [-0.05, 0) is 29.7 Å². The molecule has 1 aliphatic rings. The molecule has 0 radical (unpaired) electrons. The van der Waals surface area contributed by atoms with Gasteiger partial charge in [-0.25, -0.2) is 0 Å². The van der Waals surface area contributed by atoms with Gasteiger partial charge in [-0.3, -0.25) is 10.0 Å². The van der Waals surface area contributed by atoms with Gasteiger partial charge in [0.05, 0.1) is 17.9 Å². The molecule has 102 valence electrons. The lowest BCUT2D eigenvalue weighted by Gasteiger charge is -2.31. The maximum absolute atomic E-state index is 2.28. The van der Waals surface area contributed by atoms with Gasteiger partial charge in [-0.1, -0.05) is 54.6 Å². The Morgan fingerprint density at radius 1 is 0.714 bits per heavy atom. The molecule has 0 bridgehead atoms. The van der Waals surface area contributed by atoms with E-state index in [2.05, 4.69) is 95.1 Å². The fraction of sp³-hybridized carbons (Fsp3) is 0.0526. The molecule has 0 spiro atoms. The largest absolute Gasteiger partial charge is 0.277 e. The molecule has 4 rings (SSSR count). The van der Waals surface area contributed by atoms with E-state index in [1.165, 1.54) is 22.1 Å². The summed E-state index contributed by atoms with van der Waals surface area (Å²) in [5.74, 6) is 0. The van der Waals surface area contributed by atoms with Crippen molar-refractivity contribution in [2.75, 3.05) is 16.6 Å². The maximum atomic E-state index is 2.28. The maximum Gasteiger partial charge on any atom is 0.0704 e. The molecular weight excluding hydrogens is 256 g/mol. The number of hydrogen-bond acceptors (Lipinski definition) is 2. The van der Waals surface area contributed by atoms with Crippen LogP contribution in [0.4, 0.5) is 11.4 Å². The number of hydrogen-bond donors (Lipinski definition) is 0. The summed E-state index contributed by atoms with van der Waals surface area (Å²) in [6.45, 7) is 0.896. The number of hydrazine groups is 1. The Bertz CT molecular complexity index is 788. The highest BCUT2D eigenvalue weighted by molar-refractivity contribution is 5.95. The van der Waals surface area contributed by atoms with E-state index in [1.54, 1.807) is 0 Å². The van der Waals surface area contributed by atoms with Crippen LogP contribution >= 0.6 is 0 Å². The van der Waals surface area contributed by atoms with E-state index in [-0.39, 0.29) is 0 Å². The molecule has 0 saturated heterocycles. The van der Waals surface area contributed by atoms with Crippen LogP contribution in [0.25, 0.3) is 10.8 Å². The average molecular weight is 272 g/mol. The van der Waals surface area contributed by atoms with Gasteiger partial charge >= 0.3 is 0 Å². The summed E-state index contributed by atoms with van der Waals surface area (Å²) < 4.78 is 0. The Balaban J connectivity index is 1.82. The van der Waals surface area contributed by atoms with Crippen molar-refractivity contribution in [3.63, 3.8) is 0 Å². The van der Waals surface area contributed by atoms with Crippen LogP contribution in [0.15, 0.2) is 85.1 Å². The van der Waals surface area contributed by atoms with Crippen molar-refractivity contribution >= 4 is 22.1 Å². The summed E-state index contributed by atoms with van der Waals surface area (Å²) in [5.41, 5.74) is 2.42. The number of benzene rings is 3. The molecule has 0 saturated carbocycles. The lowest BCUT2D eigenvalue weighted by molar-refractivity contribution is 0.927. The minimum Gasteiger partial charge on any atom is -0.277 e. The minimum absolute atomic E-state index is 0.896. The first-order valence-corrected chi connectivity index (χ1v) is 7.20. The van der Waals surface area contributed by atoms with Crippen molar-refractivity contribution in [1.82, 2.24) is 0 Å². The first-order valence-electron chi connectivity index (χ1n) is 7.20. The van der Waals surface area contributed by atoms with Crippen LogP contribution in [-0.2, 0) is 0 Å². The molecule has 3 aromatic carbocycles. The zero-order valence-corrected chi connectivity index (χ0v) is 11.7. The normalized spacial score (nSPS) is 14.1. The van der Waals surface area contributed by atoms with Gasteiger partial charge < -0.3 is 0 Å². The quantitative estimate of drug-likeness (QED) is 0.673. The number of fused-ring (bicyclic) bond motifs is 1. The van der Waals surface area contributed by atoms with Crippen LogP contribution in [0.2, 0.25) is 0 Å². The van der Waals surface area contributed by atoms with Crippen LogP contribution in [0.1, 0.15) is 0 Å². The van der Waals surface area contributed by atoms with Gasteiger partial charge in [-0.2, -0.15) is 0 Å². The molecular formula is C19H16N2. The molecule has 3 aromatic rings.